The number of para-hydroxylation sites is 3. The van der Waals surface area contributed by atoms with Gasteiger partial charge in [0.05, 0.1) is 21.9 Å². The molecule has 1 heterocycles. The summed E-state index contributed by atoms with van der Waals surface area (Å²) in [5, 5.41) is 2.46. The first-order valence-electron chi connectivity index (χ1n) is 22.5. The third-order valence-corrected chi connectivity index (χ3v) is 14.5. The van der Waals surface area contributed by atoms with Crippen LogP contribution in [-0.4, -0.2) is 4.57 Å². The van der Waals surface area contributed by atoms with Crippen LogP contribution in [-0.2, 0) is 10.8 Å². The average Bonchev–Trinajstić information content (AvgIpc) is 3.87. The third-order valence-electron chi connectivity index (χ3n) is 14.5. The second-order valence-corrected chi connectivity index (χ2v) is 17.5. The molecule has 1 aromatic heterocycles. The van der Waals surface area contributed by atoms with E-state index in [1.807, 2.05) is 0 Å². The van der Waals surface area contributed by atoms with Crippen molar-refractivity contribution >= 4 is 38.9 Å². The van der Waals surface area contributed by atoms with E-state index in [1.54, 1.807) is 0 Å². The van der Waals surface area contributed by atoms with Gasteiger partial charge in [-0.1, -0.05) is 188 Å². The van der Waals surface area contributed by atoms with Crippen molar-refractivity contribution in [1.82, 2.24) is 4.57 Å². The van der Waals surface area contributed by atoms with E-state index in [0.29, 0.717) is 5.92 Å². The lowest BCUT2D eigenvalue weighted by Gasteiger charge is -2.50. The summed E-state index contributed by atoms with van der Waals surface area (Å²) in [6.45, 7) is 0. The van der Waals surface area contributed by atoms with Crippen molar-refractivity contribution in [1.29, 1.82) is 0 Å². The van der Waals surface area contributed by atoms with E-state index < -0.39 is 10.8 Å². The van der Waals surface area contributed by atoms with Crippen LogP contribution in [0.15, 0.2) is 254 Å². The van der Waals surface area contributed by atoms with E-state index >= 15 is 0 Å². The van der Waals surface area contributed by atoms with Crippen LogP contribution in [0.25, 0.3) is 27.5 Å². The fourth-order valence-corrected chi connectivity index (χ4v) is 12.1. The Kier molecular flexibility index (Phi) is 8.20. The molecule has 3 unspecified atom stereocenters. The van der Waals surface area contributed by atoms with E-state index in [-0.39, 0.29) is 0 Å². The molecule has 3 atom stereocenters. The van der Waals surface area contributed by atoms with Gasteiger partial charge >= 0.3 is 0 Å². The van der Waals surface area contributed by atoms with Gasteiger partial charge in [-0.25, -0.2) is 0 Å². The van der Waals surface area contributed by atoms with E-state index in [9.17, 15) is 0 Å². The first kappa shape index (κ1) is 36.7. The number of allylic oxidation sites excluding steroid dienone is 4. The van der Waals surface area contributed by atoms with E-state index in [0.717, 1.165) is 29.2 Å². The number of aromatic nitrogens is 1. The minimum absolute atomic E-state index is 0.306. The van der Waals surface area contributed by atoms with Crippen molar-refractivity contribution in [2.24, 2.45) is 0 Å². The molecule has 9 aromatic carbocycles. The number of fused-ring (bicyclic) bond motifs is 8. The van der Waals surface area contributed by atoms with Crippen LogP contribution >= 0.6 is 0 Å². The first-order chi connectivity index (χ1) is 31.8. The van der Waals surface area contributed by atoms with Crippen LogP contribution in [0.2, 0.25) is 0 Å². The predicted octanol–water partition coefficient (Wildman–Crippen LogP) is 15.3. The van der Waals surface area contributed by atoms with Crippen LogP contribution in [0.4, 0.5) is 17.1 Å². The zero-order chi connectivity index (χ0) is 42.2. The lowest BCUT2D eigenvalue weighted by atomic mass is 9.51. The fourth-order valence-electron chi connectivity index (χ4n) is 12.1. The number of nitrogens with zero attached hydrogens (tertiary/aromatic N) is 2. The molecule has 0 N–H and O–H groups in total. The van der Waals surface area contributed by atoms with Crippen molar-refractivity contribution in [3.63, 3.8) is 0 Å². The Hall–Kier alpha value is -7.94. The minimum Gasteiger partial charge on any atom is -0.310 e. The molecule has 0 saturated heterocycles. The predicted molar refractivity (Wildman–Crippen MR) is 265 cm³/mol. The van der Waals surface area contributed by atoms with Crippen molar-refractivity contribution in [2.45, 2.75) is 23.2 Å². The quantitative estimate of drug-likeness (QED) is 0.156. The van der Waals surface area contributed by atoms with Gasteiger partial charge in [0.25, 0.3) is 0 Å². The van der Waals surface area contributed by atoms with Gasteiger partial charge in [-0.3, -0.25) is 0 Å². The van der Waals surface area contributed by atoms with Gasteiger partial charge in [0.1, 0.15) is 0 Å². The monoisotopic (exact) mass is 816 g/mol. The van der Waals surface area contributed by atoms with Gasteiger partial charge in [0.2, 0.25) is 0 Å². The van der Waals surface area contributed by atoms with Crippen LogP contribution in [0.5, 0.6) is 0 Å². The Morgan fingerprint density at radius 2 is 0.969 bits per heavy atom. The number of hydrogen-bond donors (Lipinski definition) is 0. The van der Waals surface area contributed by atoms with Crippen LogP contribution < -0.4 is 4.90 Å². The molecule has 0 saturated carbocycles. The molecule has 0 bridgehead atoms. The summed E-state index contributed by atoms with van der Waals surface area (Å²) in [5.41, 5.74) is 18.2. The zero-order valence-electron chi connectivity index (χ0n) is 35.4. The van der Waals surface area contributed by atoms with Crippen molar-refractivity contribution in [3.05, 3.63) is 299 Å². The van der Waals surface area contributed by atoms with E-state index in [2.05, 4.69) is 258 Å². The Bertz CT molecular complexity index is 3460. The molecular formula is C62H44N2. The van der Waals surface area contributed by atoms with Crippen molar-refractivity contribution in [3.8, 4) is 5.69 Å². The molecular weight excluding hydrogens is 773 g/mol. The number of anilines is 3. The Morgan fingerprint density at radius 1 is 0.422 bits per heavy atom. The molecule has 2 heteroatoms. The molecule has 0 spiro atoms. The second kappa shape index (κ2) is 14.3. The molecule has 64 heavy (non-hydrogen) atoms. The SMILES string of the molecule is C1=CCC2C(=C1)C1(c3ccccc3)c3ccccc3C(c3ccccc3)(c3ccc(N(c4ccccc4)c4ccc5c(c4)c4ccccc4n5-c4ccccc4)cc3)c3cccc2c31. The molecule has 10 aromatic rings. The zero-order valence-corrected chi connectivity index (χ0v) is 35.4. The normalized spacial score (nSPS) is 19.2. The smallest absolute Gasteiger partial charge is 0.0708 e. The van der Waals surface area contributed by atoms with E-state index in [4.69, 9.17) is 0 Å². The maximum atomic E-state index is 2.44. The van der Waals surface area contributed by atoms with Gasteiger partial charge < -0.3 is 9.47 Å². The molecule has 0 fully saturated rings. The molecule has 13 rings (SSSR count). The standard InChI is InChI=1S/C62H44N2/c1-5-20-43(21-6-1)61(55-32-16-17-33-56(55)62(44-22-7-2-8-23-44)54-31-15-13-28-50(54)52-30-19-34-57(61)60(52)62)45-36-38-48(39-37-45)63(46-24-9-3-10-25-46)49-40-41-59-53(42-49)51-29-14-18-35-58(51)64(59)47-26-11-4-12-27-47/h1-27,29-42,50H,28H2. The molecule has 2 nitrogen and oxygen atoms in total. The molecule has 3 aliphatic rings. The van der Waals surface area contributed by atoms with Gasteiger partial charge in [-0.15, -0.1) is 0 Å². The number of benzene rings is 9. The Balaban J connectivity index is 1.04. The molecule has 0 radical (unpaired) electrons. The summed E-state index contributed by atoms with van der Waals surface area (Å²) in [5.74, 6) is 0.306. The summed E-state index contributed by atoms with van der Waals surface area (Å²) in [6.07, 6.45) is 8.08. The van der Waals surface area contributed by atoms with Crippen LogP contribution in [0.3, 0.4) is 0 Å². The molecule has 3 aliphatic carbocycles. The fraction of sp³-hybridized carbons (Fsp3) is 0.0645. The first-order valence-corrected chi connectivity index (χ1v) is 22.5. The highest BCUT2D eigenvalue weighted by molar-refractivity contribution is 6.10. The average molecular weight is 817 g/mol. The van der Waals surface area contributed by atoms with Crippen molar-refractivity contribution < 1.29 is 0 Å². The van der Waals surface area contributed by atoms with Gasteiger partial charge in [-0.2, -0.15) is 0 Å². The molecule has 302 valence electrons. The van der Waals surface area contributed by atoms with Crippen LogP contribution in [0.1, 0.15) is 56.8 Å². The highest BCUT2D eigenvalue weighted by atomic mass is 15.1. The van der Waals surface area contributed by atoms with Gasteiger partial charge in [0, 0.05) is 39.4 Å². The van der Waals surface area contributed by atoms with Gasteiger partial charge in [0.15, 0.2) is 0 Å². The minimum atomic E-state index is -0.586. The second-order valence-electron chi connectivity index (χ2n) is 17.5. The number of hydrogen-bond acceptors (Lipinski definition) is 1. The third kappa shape index (κ3) is 5.02. The number of rotatable bonds is 7. The maximum Gasteiger partial charge on any atom is 0.0708 e. The molecule has 0 amide bonds. The largest absolute Gasteiger partial charge is 0.310 e. The Labute approximate surface area is 374 Å². The van der Waals surface area contributed by atoms with E-state index in [1.165, 1.54) is 71.9 Å². The molecule has 0 aliphatic heterocycles. The highest BCUT2D eigenvalue weighted by Crippen LogP contribution is 2.67. The topological polar surface area (TPSA) is 8.17 Å². The summed E-state index contributed by atoms with van der Waals surface area (Å²) >= 11 is 0. The maximum absolute atomic E-state index is 2.44. The van der Waals surface area contributed by atoms with Crippen molar-refractivity contribution in [2.75, 3.05) is 4.90 Å². The van der Waals surface area contributed by atoms with Crippen LogP contribution in [0, 0.1) is 0 Å². The summed E-state index contributed by atoms with van der Waals surface area (Å²) in [4.78, 5) is 2.41. The summed E-state index contributed by atoms with van der Waals surface area (Å²) < 4.78 is 2.38. The summed E-state index contributed by atoms with van der Waals surface area (Å²) in [6, 6.07) is 85.9. The van der Waals surface area contributed by atoms with Gasteiger partial charge in [-0.05, 0) is 117 Å². The highest BCUT2D eigenvalue weighted by Gasteiger charge is 2.59. The summed E-state index contributed by atoms with van der Waals surface area (Å²) in [7, 11) is 0. The Morgan fingerprint density at radius 3 is 1.70 bits per heavy atom. The lowest BCUT2D eigenvalue weighted by molar-refractivity contribution is 0.610. The lowest BCUT2D eigenvalue weighted by Crippen LogP contribution is -2.44.